The maximum Gasteiger partial charge on any atom is 0.306 e. The van der Waals surface area contributed by atoms with Gasteiger partial charge < -0.3 is 9.15 Å². The molecule has 0 radical (unpaired) electrons. The zero-order valence-corrected chi connectivity index (χ0v) is 15.5. The maximum atomic E-state index is 11.9. The van der Waals surface area contributed by atoms with Crippen LogP contribution in [0.2, 0.25) is 0 Å². The fourth-order valence-corrected chi connectivity index (χ4v) is 4.19. The second-order valence-corrected chi connectivity index (χ2v) is 7.77. The Hall–Kier alpha value is -2.51. The van der Waals surface area contributed by atoms with Gasteiger partial charge in [0.1, 0.15) is 18.6 Å². The minimum atomic E-state index is -0.230. The van der Waals surface area contributed by atoms with Crippen LogP contribution in [-0.4, -0.2) is 15.9 Å². The van der Waals surface area contributed by atoms with Crippen LogP contribution < -0.4 is 0 Å². The minimum Gasteiger partial charge on any atom is -0.459 e. The molecule has 0 aliphatic heterocycles. The standard InChI is InChI=1S/C19H16N2O3S2/c22-18(9-3-8-17-21-14-5-1-2-6-15(14)26-17)23-11-13-12-24-19(20-13)16-7-4-10-25-16/h1-2,4-7,10,12H,3,8-9,11H2. The van der Waals surface area contributed by atoms with E-state index in [9.17, 15) is 4.79 Å². The van der Waals surface area contributed by atoms with Crippen LogP contribution in [0.4, 0.5) is 0 Å². The lowest BCUT2D eigenvalue weighted by atomic mass is 10.2. The SMILES string of the molecule is O=C(CCCc1nc2ccccc2s1)OCc1coc(-c2cccs2)n1. The summed E-state index contributed by atoms with van der Waals surface area (Å²) in [4.78, 5) is 21.8. The molecule has 3 heterocycles. The second-order valence-electron chi connectivity index (χ2n) is 5.71. The Balaban J connectivity index is 1.23. The van der Waals surface area contributed by atoms with E-state index in [1.165, 1.54) is 11.0 Å². The highest BCUT2D eigenvalue weighted by molar-refractivity contribution is 7.18. The van der Waals surface area contributed by atoms with Crippen molar-refractivity contribution < 1.29 is 13.9 Å². The predicted molar refractivity (Wildman–Crippen MR) is 102 cm³/mol. The lowest BCUT2D eigenvalue weighted by molar-refractivity contribution is -0.145. The average Bonchev–Trinajstić information content (AvgIpc) is 3.38. The van der Waals surface area contributed by atoms with E-state index < -0.39 is 0 Å². The summed E-state index contributed by atoms with van der Waals surface area (Å²) in [5.74, 6) is 0.327. The van der Waals surface area contributed by atoms with Gasteiger partial charge >= 0.3 is 5.97 Å². The number of para-hydroxylation sites is 1. The summed E-state index contributed by atoms with van der Waals surface area (Å²) in [5.41, 5.74) is 1.63. The first-order valence-electron chi connectivity index (χ1n) is 8.26. The molecule has 0 saturated carbocycles. The lowest BCUT2D eigenvalue weighted by Crippen LogP contribution is -2.05. The van der Waals surface area contributed by atoms with Crippen LogP contribution in [0.25, 0.3) is 21.0 Å². The van der Waals surface area contributed by atoms with Gasteiger partial charge in [-0.05, 0) is 36.4 Å². The summed E-state index contributed by atoms with van der Waals surface area (Å²) in [6.45, 7) is 0.134. The molecule has 0 aliphatic rings. The summed E-state index contributed by atoms with van der Waals surface area (Å²) in [5, 5.41) is 3.01. The first kappa shape index (κ1) is 16.9. The number of esters is 1. The van der Waals surface area contributed by atoms with Gasteiger partial charge in [-0.2, -0.15) is 0 Å². The van der Waals surface area contributed by atoms with E-state index in [2.05, 4.69) is 16.0 Å². The van der Waals surface area contributed by atoms with Crippen molar-refractivity contribution in [1.29, 1.82) is 0 Å². The Morgan fingerprint density at radius 2 is 2.08 bits per heavy atom. The highest BCUT2D eigenvalue weighted by Gasteiger charge is 2.10. The molecule has 4 aromatic rings. The Morgan fingerprint density at radius 3 is 2.92 bits per heavy atom. The first-order chi connectivity index (χ1) is 12.8. The number of fused-ring (bicyclic) bond motifs is 1. The van der Waals surface area contributed by atoms with E-state index in [1.54, 1.807) is 22.7 Å². The van der Waals surface area contributed by atoms with Crippen molar-refractivity contribution >= 4 is 38.9 Å². The van der Waals surface area contributed by atoms with Crippen LogP contribution in [0.3, 0.4) is 0 Å². The van der Waals surface area contributed by atoms with E-state index in [1.807, 2.05) is 35.7 Å². The van der Waals surface area contributed by atoms with Crippen molar-refractivity contribution in [2.75, 3.05) is 0 Å². The fourth-order valence-electron chi connectivity index (χ4n) is 2.52. The zero-order valence-electron chi connectivity index (χ0n) is 13.9. The van der Waals surface area contributed by atoms with Gasteiger partial charge in [0, 0.05) is 6.42 Å². The molecular formula is C19H16N2O3S2. The number of thiazole rings is 1. The number of oxazole rings is 1. The number of hydrogen-bond donors (Lipinski definition) is 0. The third kappa shape index (κ3) is 4.00. The normalized spacial score (nSPS) is 11.1. The van der Waals surface area contributed by atoms with Crippen molar-refractivity contribution in [3.8, 4) is 10.8 Å². The van der Waals surface area contributed by atoms with E-state index in [0.29, 0.717) is 18.0 Å². The van der Waals surface area contributed by atoms with Gasteiger partial charge in [-0.3, -0.25) is 4.79 Å². The van der Waals surface area contributed by atoms with Crippen molar-refractivity contribution in [2.45, 2.75) is 25.9 Å². The molecule has 0 amide bonds. The number of rotatable bonds is 7. The van der Waals surface area contributed by atoms with E-state index in [4.69, 9.17) is 9.15 Å². The Morgan fingerprint density at radius 1 is 1.15 bits per heavy atom. The predicted octanol–water partition coefficient (Wildman–Crippen LogP) is 5.08. The molecular weight excluding hydrogens is 368 g/mol. The molecule has 3 aromatic heterocycles. The highest BCUT2D eigenvalue weighted by Crippen LogP contribution is 2.24. The van der Waals surface area contributed by atoms with Crippen LogP contribution in [0, 0.1) is 0 Å². The largest absolute Gasteiger partial charge is 0.459 e. The molecule has 0 atom stereocenters. The number of carbonyl (C=O) groups excluding carboxylic acids is 1. The van der Waals surface area contributed by atoms with E-state index in [-0.39, 0.29) is 12.6 Å². The van der Waals surface area contributed by atoms with Gasteiger partial charge in [-0.15, -0.1) is 22.7 Å². The molecule has 0 spiro atoms. The number of ether oxygens (including phenoxy) is 1. The van der Waals surface area contributed by atoms with Crippen LogP contribution in [0.5, 0.6) is 0 Å². The van der Waals surface area contributed by atoms with E-state index in [0.717, 1.165) is 28.2 Å². The van der Waals surface area contributed by atoms with Crippen molar-refractivity contribution in [1.82, 2.24) is 9.97 Å². The fraction of sp³-hybridized carbons (Fsp3) is 0.211. The zero-order chi connectivity index (χ0) is 17.8. The molecule has 0 bridgehead atoms. The van der Waals surface area contributed by atoms with Gasteiger partial charge in [0.25, 0.3) is 0 Å². The molecule has 0 N–H and O–H groups in total. The number of carbonyl (C=O) groups is 1. The van der Waals surface area contributed by atoms with Crippen LogP contribution in [0.15, 0.2) is 52.5 Å². The quantitative estimate of drug-likeness (QED) is 0.416. The Labute approximate surface area is 158 Å². The highest BCUT2D eigenvalue weighted by atomic mass is 32.1. The number of thiophene rings is 1. The van der Waals surface area contributed by atoms with Gasteiger partial charge in [-0.1, -0.05) is 18.2 Å². The summed E-state index contributed by atoms with van der Waals surface area (Å²) >= 11 is 3.23. The van der Waals surface area contributed by atoms with Crippen molar-refractivity contribution in [3.05, 3.63) is 58.7 Å². The molecule has 1 aromatic carbocycles. The van der Waals surface area contributed by atoms with Gasteiger partial charge in [0.2, 0.25) is 5.89 Å². The van der Waals surface area contributed by atoms with Crippen LogP contribution in [0.1, 0.15) is 23.5 Å². The second kappa shape index (κ2) is 7.80. The molecule has 7 heteroatoms. The van der Waals surface area contributed by atoms with Gasteiger partial charge in [0.05, 0.1) is 20.1 Å². The minimum absolute atomic E-state index is 0.134. The van der Waals surface area contributed by atoms with Crippen molar-refractivity contribution in [2.24, 2.45) is 0 Å². The van der Waals surface area contributed by atoms with Crippen LogP contribution in [-0.2, 0) is 22.6 Å². The lowest BCUT2D eigenvalue weighted by Gasteiger charge is -2.01. The number of aromatic nitrogens is 2. The molecule has 0 aliphatic carbocycles. The smallest absolute Gasteiger partial charge is 0.306 e. The topological polar surface area (TPSA) is 65.2 Å². The summed E-state index contributed by atoms with van der Waals surface area (Å²) in [7, 11) is 0. The first-order valence-corrected chi connectivity index (χ1v) is 9.96. The molecule has 4 rings (SSSR count). The van der Waals surface area contributed by atoms with Crippen molar-refractivity contribution in [3.63, 3.8) is 0 Å². The van der Waals surface area contributed by atoms with Crippen LogP contribution >= 0.6 is 22.7 Å². The monoisotopic (exact) mass is 384 g/mol. The number of benzene rings is 1. The summed E-state index contributed by atoms with van der Waals surface area (Å²) in [6, 6.07) is 11.9. The third-order valence-corrected chi connectivity index (χ3v) is 5.73. The molecule has 0 saturated heterocycles. The third-order valence-electron chi connectivity index (χ3n) is 3.77. The molecule has 132 valence electrons. The number of aryl methyl sites for hydroxylation is 1. The molecule has 26 heavy (non-hydrogen) atoms. The number of nitrogens with zero attached hydrogens (tertiary/aromatic N) is 2. The van der Waals surface area contributed by atoms with Gasteiger partial charge in [0.15, 0.2) is 0 Å². The summed E-state index contributed by atoms with van der Waals surface area (Å²) < 4.78 is 11.9. The molecule has 0 fully saturated rings. The Kier molecular flexibility index (Phi) is 5.08. The number of hydrogen-bond acceptors (Lipinski definition) is 7. The average molecular weight is 384 g/mol. The summed E-state index contributed by atoms with van der Waals surface area (Å²) in [6.07, 6.45) is 3.40. The van der Waals surface area contributed by atoms with Gasteiger partial charge in [-0.25, -0.2) is 9.97 Å². The Bertz CT molecular complexity index is 972. The maximum absolute atomic E-state index is 11.9. The molecule has 0 unspecified atom stereocenters. The molecule has 5 nitrogen and oxygen atoms in total. The van der Waals surface area contributed by atoms with E-state index >= 15 is 0 Å².